The second-order valence-corrected chi connectivity index (χ2v) is 3.83. The van der Waals surface area contributed by atoms with E-state index < -0.39 is 11.7 Å². The molecule has 1 aromatic carbocycles. The molecule has 1 heterocycles. The molecule has 100 valence electrons. The lowest BCUT2D eigenvalue weighted by Crippen LogP contribution is -2.15. The number of rotatable bonds is 3. The summed E-state index contributed by atoms with van der Waals surface area (Å²) in [6, 6.07) is 8.48. The van der Waals surface area contributed by atoms with E-state index in [0.717, 1.165) is 6.07 Å². The molecule has 6 nitrogen and oxygen atoms in total. The summed E-state index contributed by atoms with van der Waals surface area (Å²) in [6.45, 7) is 0. The first-order chi connectivity index (χ1) is 9.63. The van der Waals surface area contributed by atoms with Crippen LogP contribution in [0.3, 0.4) is 0 Å². The average molecular weight is 271 g/mol. The van der Waals surface area contributed by atoms with Gasteiger partial charge in [-0.1, -0.05) is 0 Å². The molecule has 7 heteroatoms. The highest BCUT2D eigenvalue weighted by Crippen LogP contribution is 2.15. The lowest BCUT2D eigenvalue weighted by molar-refractivity contribution is 0.102. The lowest BCUT2D eigenvalue weighted by atomic mass is 10.2. The van der Waals surface area contributed by atoms with Crippen LogP contribution in [0.4, 0.5) is 15.8 Å². The molecule has 2 rings (SSSR count). The monoisotopic (exact) mass is 271 g/mol. The second-order valence-electron chi connectivity index (χ2n) is 3.83. The maximum absolute atomic E-state index is 13.2. The summed E-state index contributed by atoms with van der Waals surface area (Å²) < 4.78 is 13.2. The first-order valence-corrected chi connectivity index (χ1v) is 5.57. The van der Waals surface area contributed by atoms with Crippen LogP contribution in [0.25, 0.3) is 0 Å². The number of halogens is 1. The van der Waals surface area contributed by atoms with E-state index in [4.69, 9.17) is 11.1 Å². The molecule has 0 aliphatic heterocycles. The fourth-order valence-corrected chi connectivity index (χ4v) is 1.53. The Hall–Kier alpha value is -2.98. The number of nitrogens with two attached hydrogens (primary N) is 1. The van der Waals surface area contributed by atoms with Gasteiger partial charge in [-0.2, -0.15) is 5.26 Å². The Balaban J connectivity index is 2.21. The summed E-state index contributed by atoms with van der Waals surface area (Å²) in [4.78, 5) is 15.8. The van der Waals surface area contributed by atoms with E-state index in [1.165, 1.54) is 24.4 Å². The number of hydrazine groups is 1. The van der Waals surface area contributed by atoms with Crippen LogP contribution in [0.1, 0.15) is 16.1 Å². The number of nitrogen functional groups attached to an aromatic ring is 1. The summed E-state index contributed by atoms with van der Waals surface area (Å²) >= 11 is 0. The van der Waals surface area contributed by atoms with E-state index in [9.17, 15) is 9.18 Å². The molecule has 0 spiro atoms. The molecule has 0 aliphatic rings. The number of nitrogens with zero attached hydrogens (tertiary/aromatic N) is 2. The summed E-state index contributed by atoms with van der Waals surface area (Å²) in [6.07, 6.45) is 1.43. The molecule has 4 N–H and O–H groups in total. The number of nitrogens with one attached hydrogen (secondary N) is 2. The van der Waals surface area contributed by atoms with E-state index in [0.29, 0.717) is 11.4 Å². The van der Waals surface area contributed by atoms with Crippen molar-refractivity contribution in [2.75, 3.05) is 10.7 Å². The van der Waals surface area contributed by atoms with Crippen molar-refractivity contribution >= 4 is 17.3 Å². The Morgan fingerprint density at radius 1 is 1.30 bits per heavy atom. The average Bonchev–Trinajstić information content (AvgIpc) is 2.49. The van der Waals surface area contributed by atoms with E-state index in [1.54, 1.807) is 12.1 Å². The number of carbonyl (C=O) groups is 1. The van der Waals surface area contributed by atoms with Crippen LogP contribution in [0, 0.1) is 17.1 Å². The number of hydrogen-bond donors (Lipinski definition) is 3. The van der Waals surface area contributed by atoms with Crippen molar-refractivity contribution in [1.82, 2.24) is 4.98 Å². The number of nitriles is 1. The van der Waals surface area contributed by atoms with E-state index in [-0.39, 0.29) is 11.3 Å². The van der Waals surface area contributed by atoms with Crippen molar-refractivity contribution in [3.05, 3.63) is 53.6 Å². The third kappa shape index (κ3) is 2.88. The van der Waals surface area contributed by atoms with Crippen molar-refractivity contribution in [3.63, 3.8) is 0 Å². The third-order valence-corrected chi connectivity index (χ3v) is 2.50. The van der Waals surface area contributed by atoms with Gasteiger partial charge in [0.1, 0.15) is 17.6 Å². The Labute approximate surface area is 114 Å². The van der Waals surface area contributed by atoms with Gasteiger partial charge < -0.3 is 10.7 Å². The highest BCUT2D eigenvalue weighted by molar-refractivity contribution is 6.03. The Kier molecular flexibility index (Phi) is 3.88. The number of benzene rings is 1. The minimum Gasteiger partial charge on any atom is -0.324 e. The van der Waals surface area contributed by atoms with Gasteiger partial charge >= 0.3 is 0 Å². The highest BCUT2D eigenvalue weighted by atomic mass is 19.1. The summed E-state index contributed by atoms with van der Waals surface area (Å²) in [5.74, 6) is 4.11. The molecule has 0 saturated carbocycles. The number of hydrogen-bond acceptors (Lipinski definition) is 5. The molecule has 0 radical (unpaired) electrons. The van der Waals surface area contributed by atoms with Crippen LogP contribution >= 0.6 is 0 Å². The maximum atomic E-state index is 13.2. The Morgan fingerprint density at radius 2 is 2.10 bits per heavy atom. The SMILES string of the molecule is N#Cc1cc(NC(=O)c2cc(NN)ccn2)ccc1F. The minimum atomic E-state index is -0.641. The van der Waals surface area contributed by atoms with Crippen LogP contribution in [0.5, 0.6) is 0 Å². The third-order valence-electron chi connectivity index (χ3n) is 2.50. The second kappa shape index (κ2) is 5.77. The molecule has 0 aliphatic carbocycles. The van der Waals surface area contributed by atoms with Crippen LogP contribution < -0.4 is 16.6 Å². The Bertz CT molecular complexity index is 695. The topological polar surface area (TPSA) is 104 Å². The zero-order valence-electron chi connectivity index (χ0n) is 10.2. The fraction of sp³-hybridized carbons (Fsp3) is 0. The van der Waals surface area contributed by atoms with Gasteiger partial charge in [-0.15, -0.1) is 0 Å². The molecule has 2 aromatic rings. The van der Waals surface area contributed by atoms with Gasteiger partial charge in [-0.25, -0.2) is 4.39 Å². The van der Waals surface area contributed by atoms with E-state index in [1.807, 2.05) is 0 Å². The van der Waals surface area contributed by atoms with Gasteiger partial charge in [0.25, 0.3) is 5.91 Å². The molecular formula is C13H10FN5O. The molecule has 0 fully saturated rings. The van der Waals surface area contributed by atoms with Gasteiger partial charge in [0.05, 0.1) is 11.3 Å². The predicted octanol–water partition coefficient (Wildman–Crippen LogP) is 1.63. The molecule has 0 bridgehead atoms. The summed E-state index contributed by atoms with van der Waals surface area (Å²) in [5, 5.41) is 11.2. The van der Waals surface area contributed by atoms with Crippen molar-refractivity contribution in [2.24, 2.45) is 5.84 Å². The molecule has 0 unspecified atom stereocenters. The van der Waals surface area contributed by atoms with Gasteiger partial charge in [-0.3, -0.25) is 15.6 Å². The van der Waals surface area contributed by atoms with Crippen molar-refractivity contribution in [3.8, 4) is 6.07 Å². The maximum Gasteiger partial charge on any atom is 0.274 e. The molecule has 1 amide bonds. The Morgan fingerprint density at radius 3 is 2.80 bits per heavy atom. The van der Waals surface area contributed by atoms with E-state index in [2.05, 4.69) is 15.7 Å². The van der Waals surface area contributed by atoms with Gasteiger partial charge in [-0.05, 0) is 30.3 Å². The lowest BCUT2D eigenvalue weighted by Gasteiger charge is -2.06. The quantitative estimate of drug-likeness (QED) is 0.581. The van der Waals surface area contributed by atoms with Crippen molar-refractivity contribution < 1.29 is 9.18 Å². The van der Waals surface area contributed by atoms with Crippen LogP contribution in [-0.2, 0) is 0 Å². The van der Waals surface area contributed by atoms with Crippen molar-refractivity contribution in [2.45, 2.75) is 0 Å². The molecular weight excluding hydrogens is 261 g/mol. The highest BCUT2D eigenvalue weighted by Gasteiger charge is 2.10. The van der Waals surface area contributed by atoms with Gasteiger partial charge in [0.15, 0.2) is 0 Å². The number of pyridine rings is 1. The molecule has 1 aromatic heterocycles. The van der Waals surface area contributed by atoms with Crippen LogP contribution in [0.15, 0.2) is 36.5 Å². The first-order valence-electron chi connectivity index (χ1n) is 5.57. The number of amides is 1. The fourth-order valence-electron chi connectivity index (χ4n) is 1.53. The zero-order chi connectivity index (χ0) is 14.5. The zero-order valence-corrected chi connectivity index (χ0v) is 10.2. The molecule has 20 heavy (non-hydrogen) atoms. The van der Waals surface area contributed by atoms with E-state index >= 15 is 0 Å². The molecule has 0 saturated heterocycles. The standard InChI is InChI=1S/C13H10FN5O/c14-11-2-1-9(5-8(11)7-15)18-13(20)12-6-10(19-16)3-4-17-12/h1-6H,16H2,(H,17,19)(H,18,20). The van der Waals surface area contributed by atoms with Crippen LogP contribution in [-0.4, -0.2) is 10.9 Å². The van der Waals surface area contributed by atoms with Crippen LogP contribution in [0.2, 0.25) is 0 Å². The minimum absolute atomic E-state index is 0.142. The first kappa shape index (κ1) is 13.5. The van der Waals surface area contributed by atoms with Crippen molar-refractivity contribution in [1.29, 1.82) is 5.26 Å². The largest absolute Gasteiger partial charge is 0.324 e. The van der Waals surface area contributed by atoms with Gasteiger partial charge in [0.2, 0.25) is 0 Å². The number of aromatic nitrogens is 1. The van der Waals surface area contributed by atoms with Gasteiger partial charge in [0, 0.05) is 11.9 Å². The summed E-state index contributed by atoms with van der Waals surface area (Å²) in [7, 11) is 0. The predicted molar refractivity (Wildman–Crippen MR) is 71.1 cm³/mol. The molecule has 0 atom stereocenters. The number of anilines is 2. The smallest absolute Gasteiger partial charge is 0.274 e. The number of carbonyl (C=O) groups excluding carboxylic acids is 1. The normalized spacial score (nSPS) is 9.65. The summed E-state index contributed by atoms with van der Waals surface area (Å²) in [5.41, 5.74) is 3.23.